The molecule has 0 atom stereocenters. The van der Waals surface area contributed by atoms with E-state index in [1.807, 2.05) is 13.0 Å². The Kier molecular flexibility index (Phi) is 7.52. The van der Waals surface area contributed by atoms with Crippen LogP contribution in [0.25, 0.3) is 0 Å². The van der Waals surface area contributed by atoms with Crippen molar-refractivity contribution in [2.75, 3.05) is 6.61 Å². The molecule has 0 unspecified atom stereocenters. The zero-order valence-corrected chi connectivity index (χ0v) is 8.95. The molecule has 2 nitrogen and oxygen atoms in total. The number of unbranched alkanes of at least 4 members (excludes halogenated alkanes) is 1. The number of esters is 1. The third-order valence-corrected chi connectivity index (χ3v) is 1.58. The molecular weight excluding hydrogens is 176 g/mol. The quantitative estimate of drug-likeness (QED) is 0.281. The number of carbonyl (C=O) groups is 1. The monoisotopic (exact) mass is 194 g/mol. The van der Waals surface area contributed by atoms with Gasteiger partial charge >= 0.3 is 5.97 Å². The molecule has 0 aromatic carbocycles. The van der Waals surface area contributed by atoms with Gasteiger partial charge in [-0.2, -0.15) is 0 Å². The van der Waals surface area contributed by atoms with Crippen LogP contribution in [0, 0.1) is 0 Å². The first-order valence-corrected chi connectivity index (χ1v) is 4.84. The first-order chi connectivity index (χ1) is 6.70. The van der Waals surface area contributed by atoms with Gasteiger partial charge in [0, 0.05) is 6.08 Å². The minimum Gasteiger partial charge on any atom is -0.463 e. The second-order valence-electron chi connectivity index (χ2n) is 3.00. The van der Waals surface area contributed by atoms with Gasteiger partial charge in [-0.15, -0.1) is 0 Å². The highest BCUT2D eigenvalue weighted by Gasteiger charge is 1.96. The summed E-state index contributed by atoms with van der Waals surface area (Å²) in [7, 11) is 0. The van der Waals surface area contributed by atoms with Crippen LogP contribution < -0.4 is 0 Å². The summed E-state index contributed by atoms with van der Waals surface area (Å²) in [6.07, 6.45) is 8.70. The normalized spacial score (nSPS) is 11.7. The molecule has 0 saturated heterocycles. The van der Waals surface area contributed by atoms with Crippen molar-refractivity contribution < 1.29 is 9.53 Å². The van der Waals surface area contributed by atoms with Crippen LogP contribution in [-0.2, 0) is 9.53 Å². The Bertz CT molecular complexity index is 237. The minimum absolute atomic E-state index is 0.273. The Morgan fingerprint density at radius 1 is 1.50 bits per heavy atom. The average molecular weight is 194 g/mol. The van der Waals surface area contributed by atoms with Gasteiger partial charge in [-0.1, -0.05) is 38.2 Å². The van der Waals surface area contributed by atoms with Crippen molar-refractivity contribution in [2.45, 2.75) is 26.7 Å². The first-order valence-electron chi connectivity index (χ1n) is 4.84. The lowest BCUT2D eigenvalue weighted by Crippen LogP contribution is -2.02. The minimum atomic E-state index is -0.273. The molecule has 0 fully saturated rings. The van der Waals surface area contributed by atoms with E-state index < -0.39 is 0 Å². The number of hydrogen-bond donors (Lipinski definition) is 0. The van der Waals surface area contributed by atoms with E-state index in [0.717, 1.165) is 18.4 Å². The van der Waals surface area contributed by atoms with Crippen LogP contribution in [0.2, 0.25) is 0 Å². The van der Waals surface area contributed by atoms with Gasteiger partial charge in [0.25, 0.3) is 0 Å². The Balaban J connectivity index is 3.89. The number of carbonyl (C=O) groups excluding carboxylic acids is 1. The Morgan fingerprint density at radius 3 is 2.79 bits per heavy atom. The molecular formula is C12H18O2. The Hall–Kier alpha value is -1.31. The van der Waals surface area contributed by atoms with Crippen LogP contribution in [0.15, 0.2) is 36.5 Å². The SMILES string of the molecule is C=C/C=C/C(C)=C/C(=O)OCCCC. The van der Waals surface area contributed by atoms with Crippen LogP contribution in [-0.4, -0.2) is 12.6 Å². The first kappa shape index (κ1) is 12.7. The maximum Gasteiger partial charge on any atom is 0.331 e. The van der Waals surface area contributed by atoms with Crippen LogP contribution in [0.3, 0.4) is 0 Å². The zero-order valence-electron chi connectivity index (χ0n) is 8.95. The van der Waals surface area contributed by atoms with Crippen molar-refractivity contribution in [1.29, 1.82) is 0 Å². The summed E-state index contributed by atoms with van der Waals surface area (Å²) < 4.78 is 4.96. The van der Waals surface area contributed by atoms with Gasteiger partial charge in [-0.25, -0.2) is 4.79 Å². The Morgan fingerprint density at radius 2 is 2.21 bits per heavy atom. The third kappa shape index (κ3) is 7.35. The lowest BCUT2D eigenvalue weighted by atomic mass is 10.2. The molecule has 0 spiro atoms. The summed E-state index contributed by atoms with van der Waals surface area (Å²) in [4.78, 5) is 11.1. The highest BCUT2D eigenvalue weighted by molar-refractivity contribution is 5.83. The molecule has 14 heavy (non-hydrogen) atoms. The van der Waals surface area contributed by atoms with E-state index in [1.54, 1.807) is 12.2 Å². The molecule has 0 saturated carbocycles. The lowest BCUT2D eigenvalue weighted by molar-refractivity contribution is -0.137. The number of ether oxygens (including phenoxy) is 1. The topological polar surface area (TPSA) is 26.3 Å². The largest absolute Gasteiger partial charge is 0.463 e. The van der Waals surface area contributed by atoms with E-state index in [2.05, 4.69) is 13.5 Å². The van der Waals surface area contributed by atoms with Crippen LogP contribution >= 0.6 is 0 Å². The van der Waals surface area contributed by atoms with Gasteiger partial charge in [-0.05, 0) is 18.9 Å². The predicted molar refractivity (Wildman–Crippen MR) is 59.0 cm³/mol. The van der Waals surface area contributed by atoms with E-state index in [-0.39, 0.29) is 5.97 Å². The molecule has 2 heteroatoms. The number of hydrogen-bond acceptors (Lipinski definition) is 2. The van der Waals surface area contributed by atoms with E-state index in [0.29, 0.717) is 6.61 Å². The molecule has 78 valence electrons. The van der Waals surface area contributed by atoms with Crippen LogP contribution in [0.4, 0.5) is 0 Å². The second kappa shape index (κ2) is 8.30. The summed E-state index contributed by atoms with van der Waals surface area (Å²) in [5.41, 5.74) is 0.867. The summed E-state index contributed by atoms with van der Waals surface area (Å²) in [6, 6.07) is 0. The van der Waals surface area contributed by atoms with Gasteiger partial charge in [-0.3, -0.25) is 0 Å². The van der Waals surface area contributed by atoms with Gasteiger partial charge in [0.2, 0.25) is 0 Å². The van der Waals surface area contributed by atoms with Crippen molar-refractivity contribution in [3.8, 4) is 0 Å². The van der Waals surface area contributed by atoms with E-state index >= 15 is 0 Å². The maximum atomic E-state index is 11.1. The molecule has 0 aliphatic rings. The molecule has 0 aromatic heterocycles. The van der Waals surface area contributed by atoms with Gasteiger partial charge in [0.1, 0.15) is 0 Å². The van der Waals surface area contributed by atoms with Gasteiger partial charge in [0.15, 0.2) is 0 Å². The fourth-order valence-corrected chi connectivity index (χ4v) is 0.813. The zero-order chi connectivity index (χ0) is 10.8. The Labute approximate surface area is 86.0 Å². The fourth-order valence-electron chi connectivity index (χ4n) is 0.813. The molecule has 0 aliphatic carbocycles. The molecule has 0 bridgehead atoms. The second-order valence-corrected chi connectivity index (χ2v) is 3.00. The summed E-state index contributed by atoms with van der Waals surface area (Å²) in [5.74, 6) is -0.273. The van der Waals surface area contributed by atoms with Crippen molar-refractivity contribution in [2.24, 2.45) is 0 Å². The highest BCUT2D eigenvalue weighted by Crippen LogP contribution is 1.97. The smallest absolute Gasteiger partial charge is 0.331 e. The predicted octanol–water partition coefficient (Wildman–Crippen LogP) is 3.02. The highest BCUT2D eigenvalue weighted by atomic mass is 16.5. The van der Waals surface area contributed by atoms with E-state index in [4.69, 9.17) is 4.74 Å². The van der Waals surface area contributed by atoms with Crippen LogP contribution in [0.5, 0.6) is 0 Å². The summed E-state index contributed by atoms with van der Waals surface area (Å²) in [6.45, 7) is 7.95. The van der Waals surface area contributed by atoms with E-state index in [9.17, 15) is 4.79 Å². The molecule has 0 N–H and O–H groups in total. The molecule has 0 rings (SSSR count). The molecule has 0 heterocycles. The molecule has 0 radical (unpaired) electrons. The third-order valence-electron chi connectivity index (χ3n) is 1.58. The molecule has 0 amide bonds. The molecule has 0 aromatic rings. The summed E-state index contributed by atoms with van der Waals surface area (Å²) in [5, 5.41) is 0. The van der Waals surface area contributed by atoms with Crippen LogP contribution in [0.1, 0.15) is 26.7 Å². The van der Waals surface area contributed by atoms with Crippen molar-refractivity contribution in [3.05, 3.63) is 36.5 Å². The van der Waals surface area contributed by atoms with E-state index in [1.165, 1.54) is 6.08 Å². The lowest BCUT2D eigenvalue weighted by Gasteiger charge is -1.99. The average Bonchev–Trinajstić information content (AvgIpc) is 2.15. The fraction of sp³-hybridized carbons (Fsp3) is 0.417. The number of rotatable bonds is 6. The maximum absolute atomic E-state index is 11.1. The molecule has 0 aliphatic heterocycles. The standard InChI is InChI=1S/C12H18O2/c1-4-6-8-11(3)10-12(13)14-9-7-5-2/h4,6,8,10H,1,5,7,9H2,2-3H3/b8-6+,11-10+. The van der Waals surface area contributed by atoms with Crippen molar-refractivity contribution >= 4 is 5.97 Å². The van der Waals surface area contributed by atoms with Crippen molar-refractivity contribution in [1.82, 2.24) is 0 Å². The number of allylic oxidation sites excluding steroid dienone is 4. The van der Waals surface area contributed by atoms with Crippen molar-refractivity contribution in [3.63, 3.8) is 0 Å². The van der Waals surface area contributed by atoms with Gasteiger partial charge in [0.05, 0.1) is 6.61 Å². The summed E-state index contributed by atoms with van der Waals surface area (Å²) >= 11 is 0. The van der Waals surface area contributed by atoms with Gasteiger partial charge < -0.3 is 4.74 Å².